The molecule has 0 spiro atoms. The van der Waals surface area contributed by atoms with Crippen LogP contribution in [0.1, 0.15) is 107 Å². The van der Waals surface area contributed by atoms with Gasteiger partial charge in [-0.1, -0.05) is 46.3 Å². The van der Waals surface area contributed by atoms with Gasteiger partial charge in [0, 0.05) is 0 Å². The number of aliphatic hydroxyl groups is 7. The van der Waals surface area contributed by atoms with Crippen molar-refractivity contribution in [2.24, 2.45) is 45.3 Å². The van der Waals surface area contributed by atoms with Crippen molar-refractivity contribution in [3.05, 3.63) is 11.6 Å². The third-order valence-corrected chi connectivity index (χ3v) is 14.2. The second kappa shape index (κ2) is 12.1. The fourth-order valence-corrected chi connectivity index (χ4v) is 11.8. The molecule has 0 bridgehead atoms. The molecule has 0 amide bonds. The first-order chi connectivity index (χ1) is 20.7. The van der Waals surface area contributed by atoms with Crippen LogP contribution in [0.2, 0.25) is 0 Å². The van der Waals surface area contributed by atoms with Crippen molar-refractivity contribution < 1.29 is 45.2 Å². The van der Waals surface area contributed by atoms with Crippen molar-refractivity contribution in [2.45, 2.75) is 161 Å². The molecule has 4 unspecified atom stereocenters. The van der Waals surface area contributed by atoms with Gasteiger partial charge in [-0.3, -0.25) is 0 Å². The summed E-state index contributed by atoms with van der Waals surface area (Å²) in [5.41, 5.74) is -0.522. The maximum Gasteiger partial charge on any atom is 0.186 e. The van der Waals surface area contributed by atoms with E-state index in [9.17, 15) is 35.7 Å². The summed E-state index contributed by atoms with van der Waals surface area (Å²) in [5.74, 6) is 0.454. The van der Waals surface area contributed by atoms with Gasteiger partial charge in [0.25, 0.3) is 0 Å². The Balaban J connectivity index is 1.40. The molecular formula is C36H62O9. The van der Waals surface area contributed by atoms with Crippen molar-refractivity contribution in [1.82, 2.24) is 0 Å². The van der Waals surface area contributed by atoms with E-state index in [1.165, 1.54) is 5.57 Å². The molecule has 1 heterocycles. The number of hydrogen-bond donors (Lipinski definition) is 7. The van der Waals surface area contributed by atoms with Crippen LogP contribution in [-0.2, 0) is 9.47 Å². The number of allylic oxidation sites excluding steroid dienone is 2. The Morgan fingerprint density at radius 1 is 0.911 bits per heavy atom. The van der Waals surface area contributed by atoms with Crippen LogP contribution >= 0.6 is 0 Å². The summed E-state index contributed by atoms with van der Waals surface area (Å²) in [4.78, 5) is 0. The molecule has 45 heavy (non-hydrogen) atoms. The summed E-state index contributed by atoms with van der Waals surface area (Å²) in [5, 5.41) is 75.4. The van der Waals surface area contributed by atoms with E-state index < -0.39 is 66.6 Å². The average molecular weight is 639 g/mol. The van der Waals surface area contributed by atoms with Gasteiger partial charge in [-0.2, -0.15) is 0 Å². The van der Waals surface area contributed by atoms with E-state index in [1.54, 1.807) is 0 Å². The molecule has 0 aromatic rings. The molecule has 7 N–H and O–H groups in total. The highest BCUT2D eigenvalue weighted by atomic mass is 16.7. The van der Waals surface area contributed by atoms with Gasteiger partial charge in [-0.25, -0.2) is 0 Å². The molecule has 4 aliphatic carbocycles. The van der Waals surface area contributed by atoms with E-state index in [4.69, 9.17) is 9.47 Å². The van der Waals surface area contributed by atoms with Crippen LogP contribution in [0.4, 0.5) is 0 Å². The largest absolute Gasteiger partial charge is 0.394 e. The van der Waals surface area contributed by atoms with Crippen LogP contribution in [0.3, 0.4) is 0 Å². The monoisotopic (exact) mass is 638 g/mol. The van der Waals surface area contributed by atoms with Crippen LogP contribution in [-0.4, -0.2) is 97.0 Å². The Kier molecular flexibility index (Phi) is 9.56. The molecule has 0 aromatic heterocycles. The van der Waals surface area contributed by atoms with Gasteiger partial charge in [-0.05, 0) is 117 Å². The molecule has 4 saturated carbocycles. The molecule has 1 aliphatic heterocycles. The highest BCUT2D eigenvalue weighted by molar-refractivity contribution is 5.23. The van der Waals surface area contributed by atoms with Gasteiger partial charge in [0.1, 0.15) is 24.4 Å². The van der Waals surface area contributed by atoms with Crippen molar-refractivity contribution in [2.75, 3.05) is 6.61 Å². The quantitative estimate of drug-likeness (QED) is 0.164. The lowest BCUT2D eigenvalue weighted by Gasteiger charge is -2.71. The van der Waals surface area contributed by atoms with Crippen molar-refractivity contribution in [3.8, 4) is 0 Å². The maximum atomic E-state index is 12.2. The highest BCUT2D eigenvalue weighted by Gasteiger charge is 2.72. The van der Waals surface area contributed by atoms with Crippen LogP contribution in [0, 0.1) is 45.3 Å². The van der Waals surface area contributed by atoms with E-state index in [2.05, 4.69) is 47.6 Å². The molecule has 9 heteroatoms. The molecule has 1 saturated heterocycles. The average Bonchev–Trinajstić information content (AvgIpc) is 3.30. The summed E-state index contributed by atoms with van der Waals surface area (Å²) in [6.07, 6.45) is 0.415. The Bertz CT molecular complexity index is 1100. The van der Waals surface area contributed by atoms with Crippen LogP contribution < -0.4 is 0 Å². The predicted molar refractivity (Wildman–Crippen MR) is 170 cm³/mol. The zero-order chi connectivity index (χ0) is 33.5. The molecule has 9 nitrogen and oxygen atoms in total. The summed E-state index contributed by atoms with van der Waals surface area (Å²) >= 11 is 0. The number of fused-ring (bicyclic) bond motifs is 5. The summed E-state index contributed by atoms with van der Waals surface area (Å²) in [7, 11) is 0. The van der Waals surface area contributed by atoms with E-state index >= 15 is 0 Å². The van der Waals surface area contributed by atoms with E-state index in [-0.39, 0.29) is 39.9 Å². The van der Waals surface area contributed by atoms with Gasteiger partial charge >= 0.3 is 0 Å². The molecule has 5 aliphatic rings. The minimum Gasteiger partial charge on any atom is -0.394 e. The lowest BCUT2D eigenvalue weighted by Crippen LogP contribution is -2.70. The smallest absolute Gasteiger partial charge is 0.186 e. The normalized spacial score (nSPS) is 51.8. The third kappa shape index (κ3) is 5.68. The number of rotatable bonds is 7. The van der Waals surface area contributed by atoms with Gasteiger partial charge in [0.2, 0.25) is 0 Å². The van der Waals surface area contributed by atoms with Crippen molar-refractivity contribution in [1.29, 1.82) is 0 Å². The molecule has 0 radical (unpaired) electrons. The zero-order valence-electron chi connectivity index (χ0n) is 28.8. The summed E-state index contributed by atoms with van der Waals surface area (Å²) in [6, 6.07) is 0. The number of ether oxygens (including phenoxy) is 2. The van der Waals surface area contributed by atoms with Gasteiger partial charge in [0.15, 0.2) is 6.29 Å². The number of hydrogen-bond acceptors (Lipinski definition) is 9. The molecule has 5 rings (SSSR count). The van der Waals surface area contributed by atoms with E-state index in [0.717, 1.165) is 25.7 Å². The third-order valence-electron chi connectivity index (χ3n) is 14.2. The topological polar surface area (TPSA) is 160 Å². The van der Waals surface area contributed by atoms with Gasteiger partial charge in [-0.15, -0.1) is 0 Å². The summed E-state index contributed by atoms with van der Waals surface area (Å²) in [6.45, 7) is 16.6. The minimum absolute atomic E-state index is 0.114. The first kappa shape index (κ1) is 35.7. The van der Waals surface area contributed by atoms with Crippen LogP contribution in [0.15, 0.2) is 11.6 Å². The molecule has 260 valence electrons. The molecular weight excluding hydrogens is 576 g/mol. The van der Waals surface area contributed by atoms with Crippen molar-refractivity contribution >= 4 is 0 Å². The first-order valence-electron chi connectivity index (χ1n) is 17.4. The molecule has 5 fully saturated rings. The standard InChI is InChI=1S/C36H62O9/c1-19(10-9-13-32(2,3)43)20-11-15-35(7)26(20)21(38)16-24-34(6)14-12-25(33(4,5)30(34)22(39)17-36(24,35)8)45-31-29(42)28(41)27(40)23(18-37)44-31/h10,20-31,37-43H,9,11-18H2,1-8H3/b19-10+/t20?,21-,22+,23-,24?,25+,26?,27-,28+,29-,30?,31+,34-,35-,36-/m1/s1. The number of aliphatic hydroxyl groups excluding tert-OH is 6. The Morgan fingerprint density at radius 2 is 1.58 bits per heavy atom. The van der Waals surface area contributed by atoms with E-state index in [0.29, 0.717) is 25.7 Å². The first-order valence-corrected chi connectivity index (χ1v) is 17.4. The zero-order valence-corrected chi connectivity index (χ0v) is 28.8. The summed E-state index contributed by atoms with van der Waals surface area (Å²) < 4.78 is 12.1. The van der Waals surface area contributed by atoms with Crippen molar-refractivity contribution in [3.63, 3.8) is 0 Å². The van der Waals surface area contributed by atoms with Crippen LogP contribution in [0.25, 0.3) is 0 Å². The predicted octanol–water partition coefficient (Wildman–Crippen LogP) is 3.30. The molecule has 15 atom stereocenters. The second-order valence-electron chi connectivity index (χ2n) is 17.6. The van der Waals surface area contributed by atoms with Gasteiger partial charge in [0.05, 0.1) is 30.5 Å². The highest BCUT2D eigenvalue weighted by Crippen LogP contribution is 2.75. The Hall–Kier alpha value is -0.620. The maximum absolute atomic E-state index is 12.2. The second-order valence-corrected chi connectivity index (χ2v) is 17.6. The van der Waals surface area contributed by atoms with Gasteiger partial charge < -0.3 is 45.2 Å². The lowest BCUT2D eigenvalue weighted by molar-refractivity contribution is -0.337. The Morgan fingerprint density at radius 3 is 2.20 bits per heavy atom. The fraction of sp³-hybridized carbons (Fsp3) is 0.944. The minimum atomic E-state index is -1.51. The Labute approximate surface area is 270 Å². The van der Waals surface area contributed by atoms with E-state index in [1.807, 2.05) is 13.8 Å². The SMILES string of the molecule is C/C(=C\CCC(C)(C)O)C1CC[C@]2(C)C1[C@H](O)CC1[C@@]3(C)CC[C@H](O[C@@H]4O[C@H](CO)[C@@H](O)[C@H](O)[C@H]4O)C(C)(C)C3[C@@H](O)C[C@]12C. The lowest BCUT2D eigenvalue weighted by atomic mass is 9.34. The molecule has 0 aromatic carbocycles. The fourth-order valence-electron chi connectivity index (χ4n) is 11.8. The van der Waals surface area contributed by atoms with Crippen LogP contribution in [0.5, 0.6) is 0 Å².